The van der Waals surface area contributed by atoms with Crippen molar-refractivity contribution in [2.75, 3.05) is 6.54 Å². The van der Waals surface area contributed by atoms with Crippen molar-refractivity contribution in [3.63, 3.8) is 0 Å². The van der Waals surface area contributed by atoms with Crippen LogP contribution in [0, 0.1) is 0 Å². The monoisotopic (exact) mass is 265 g/mol. The highest BCUT2D eigenvalue weighted by Gasteiger charge is 2.43. The number of aliphatic hydroxyl groups is 2. The van der Waals surface area contributed by atoms with Gasteiger partial charge < -0.3 is 14.9 Å². The van der Waals surface area contributed by atoms with Crippen molar-refractivity contribution in [2.45, 2.75) is 38.2 Å². The summed E-state index contributed by atoms with van der Waals surface area (Å²) in [6, 6.07) is -0.146. The van der Waals surface area contributed by atoms with Gasteiger partial charge in [0.05, 0.1) is 24.8 Å². The van der Waals surface area contributed by atoms with Gasteiger partial charge >= 0.3 is 6.09 Å². The Morgan fingerprint density at radius 1 is 1.53 bits per heavy atom. The predicted molar refractivity (Wildman–Crippen MR) is 70.5 cm³/mol. The van der Waals surface area contributed by atoms with Crippen molar-refractivity contribution in [1.29, 1.82) is 0 Å². The third-order valence-electron chi connectivity index (χ3n) is 3.23. The van der Waals surface area contributed by atoms with E-state index in [2.05, 4.69) is 0 Å². The van der Waals surface area contributed by atoms with E-state index < -0.39 is 18.3 Å². The second-order valence-electron chi connectivity index (χ2n) is 4.93. The molecule has 0 aromatic heterocycles. The number of carbonyl (C=O) groups is 1. The summed E-state index contributed by atoms with van der Waals surface area (Å²) >= 11 is 0. The second-order valence-corrected chi connectivity index (χ2v) is 4.93. The molecule has 0 unspecified atom stereocenters. The standard InChI is InChI=1S/C14H19NO4/c1-9-7-11(17)8-15-13(9)12(19-14(15)18)6-4-3-5-10(2)16/h3-7,10-13,16-17H,8H2,1-2H3/b5-3+,6-4?/t10-,11-,12-,13+/m1/s1. The van der Waals surface area contributed by atoms with Crippen molar-refractivity contribution in [3.8, 4) is 0 Å². The number of fused-ring (bicyclic) bond motifs is 1. The topological polar surface area (TPSA) is 70.0 Å². The van der Waals surface area contributed by atoms with E-state index in [4.69, 9.17) is 9.84 Å². The maximum absolute atomic E-state index is 11.7. The van der Waals surface area contributed by atoms with Crippen LogP contribution in [0.5, 0.6) is 0 Å². The molecule has 2 rings (SSSR count). The minimum absolute atomic E-state index is 0.146. The molecule has 0 saturated carbocycles. The van der Waals surface area contributed by atoms with Crippen LogP contribution in [0.15, 0.2) is 36.0 Å². The number of hydrogen-bond donors (Lipinski definition) is 2. The van der Waals surface area contributed by atoms with Crippen LogP contribution < -0.4 is 0 Å². The number of allylic oxidation sites excluding steroid dienone is 2. The van der Waals surface area contributed by atoms with E-state index in [1.54, 1.807) is 42.2 Å². The van der Waals surface area contributed by atoms with Crippen molar-refractivity contribution < 1.29 is 19.7 Å². The second kappa shape index (κ2) is 5.59. The van der Waals surface area contributed by atoms with Crippen molar-refractivity contribution in [1.82, 2.24) is 4.90 Å². The van der Waals surface area contributed by atoms with E-state index in [1.807, 2.05) is 6.92 Å². The zero-order valence-corrected chi connectivity index (χ0v) is 11.1. The molecule has 2 N–H and O–H groups in total. The van der Waals surface area contributed by atoms with Gasteiger partial charge in [0.1, 0.15) is 6.10 Å². The number of ether oxygens (including phenoxy) is 1. The van der Waals surface area contributed by atoms with Gasteiger partial charge in [-0.2, -0.15) is 0 Å². The highest BCUT2D eigenvalue weighted by atomic mass is 16.6. The third kappa shape index (κ3) is 3.05. The Morgan fingerprint density at radius 2 is 2.26 bits per heavy atom. The average Bonchev–Trinajstić information content (AvgIpc) is 2.62. The van der Waals surface area contributed by atoms with Crippen LogP contribution in [0.4, 0.5) is 4.79 Å². The van der Waals surface area contributed by atoms with Crippen LogP contribution >= 0.6 is 0 Å². The lowest BCUT2D eigenvalue weighted by Crippen LogP contribution is -2.45. The molecule has 4 atom stereocenters. The van der Waals surface area contributed by atoms with Crippen molar-refractivity contribution >= 4 is 6.09 Å². The lowest BCUT2D eigenvalue weighted by atomic mass is 9.96. The lowest BCUT2D eigenvalue weighted by Gasteiger charge is -2.30. The molecule has 0 spiro atoms. The van der Waals surface area contributed by atoms with Gasteiger partial charge in [0.25, 0.3) is 0 Å². The molecule has 0 aromatic rings. The molecule has 5 heteroatoms. The fourth-order valence-corrected chi connectivity index (χ4v) is 2.43. The minimum Gasteiger partial charge on any atom is -0.439 e. The summed E-state index contributed by atoms with van der Waals surface area (Å²) in [7, 11) is 0. The smallest absolute Gasteiger partial charge is 0.411 e. The van der Waals surface area contributed by atoms with Gasteiger partial charge in [-0.1, -0.05) is 24.3 Å². The van der Waals surface area contributed by atoms with Gasteiger partial charge in [0.15, 0.2) is 0 Å². The van der Waals surface area contributed by atoms with Crippen LogP contribution in [-0.2, 0) is 4.74 Å². The molecule has 1 fully saturated rings. The molecular formula is C14H19NO4. The molecule has 0 aliphatic carbocycles. The summed E-state index contributed by atoms with van der Waals surface area (Å²) in [4.78, 5) is 13.3. The minimum atomic E-state index is -0.623. The van der Waals surface area contributed by atoms with E-state index in [1.165, 1.54) is 0 Å². The van der Waals surface area contributed by atoms with Gasteiger partial charge in [0, 0.05) is 0 Å². The van der Waals surface area contributed by atoms with Gasteiger partial charge in [0.2, 0.25) is 0 Å². The first-order valence-electron chi connectivity index (χ1n) is 6.35. The van der Waals surface area contributed by atoms with Gasteiger partial charge in [-0.15, -0.1) is 0 Å². The van der Waals surface area contributed by atoms with E-state index >= 15 is 0 Å². The Morgan fingerprint density at radius 3 is 2.95 bits per heavy atom. The summed E-state index contributed by atoms with van der Waals surface area (Å²) in [5.74, 6) is 0. The van der Waals surface area contributed by atoms with E-state index in [-0.39, 0.29) is 18.7 Å². The molecule has 0 radical (unpaired) electrons. The van der Waals surface area contributed by atoms with Crippen molar-refractivity contribution in [2.24, 2.45) is 0 Å². The van der Waals surface area contributed by atoms with Gasteiger partial charge in [-0.05, 0) is 25.5 Å². The third-order valence-corrected chi connectivity index (χ3v) is 3.23. The SMILES string of the molecule is CC1=C[C@@H](O)CN2C(=O)O[C@H](C=C/C=C/[C@@H](C)O)[C@H]12. The quantitative estimate of drug-likeness (QED) is 0.590. The molecule has 1 saturated heterocycles. The molecular weight excluding hydrogens is 246 g/mol. The average molecular weight is 265 g/mol. The van der Waals surface area contributed by atoms with Crippen LogP contribution in [-0.4, -0.2) is 52.1 Å². The highest BCUT2D eigenvalue weighted by Crippen LogP contribution is 2.29. The maximum Gasteiger partial charge on any atom is 0.411 e. The molecule has 0 bridgehead atoms. The number of nitrogens with zero attached hydrogens (tertiary/aromatic N) is 1. The normalized spacial score (nSPS) is 32.6. The number of rotatable bonds is 3. The zero-order chi connectivity index (χ0) is 14.0. The Balaban J connectivity index is 2.11. The van der Waals surface area contributed by atoms with Crippen LogP contribution in [0.2, 0.25) is 0 Å². The van der Waals surface area contributed by atoms with Crippen molar-refractivity contribution in [3.05, 3.63) is 36.0 Å². The number of hydrogen-bond acceptors (Lipinski definition) is 4. The van der Waals surface area contributed by atoms with E-state index in [0.29, 0.717) is 0 Å². The molecule has 19 heavy (non-hydrogen) atoms. The lowest BCUT2D eigenvalue weighted by molar-refractivity contribution is 0.126. The summed E-state index contributed by atoms with van der Waals surface area (Å²) in [5.41, 5.74) is 0.929. The Labute approximate surface area is 112 Å². The van der Waals surface area contributed by atoms with Crippen LogP contribution in [0.3, 0.4) is 0 Å². The molecule has 5 nitrogen and oxygen atoms in total. The molecule has 2 heterocycles. The van der Waals surface area contributed by atoms with Gasteiger partial charge in [-0.3, -0.25) is 4.90 Å². The summed E-state index contributed by atoms with van der Waals surface area (Å²) in [6.07, 6.45) is 6.79. The van der Waals surface area contributed by atoms with E-state index in [9.17, 15) is 9.90 Å². The van der Waals surface area contributed by atoms with Crippen LogP contribution in [0.1, 0.15) is 13.8 Å². The Kier molecular flexibility index (Phi) is 4.07. The summed E-state index contributed by atoms with van der Waals surface area (Å²) in [6.45, 7) is 3.82. The number of carbonyl (C=O) groups excluding carboxylic acids is 1. The molecule has 2 aliphatic rings. The van der Waals surface area contributed by atoms with Crippen LogP contribution in [0.25, 0.3) is 0 Å². The predicted octanol–water partition coefficient (Wildman–Crippen LogP) is 0.990. The van der Waals surface area contributed by atoms with E-state index in [0.717, 1.165) is 5.57 Å². The molecule has 0 aromatic carbocycles. The fourth-order valence-electron chi connectivity index (χ4n) is 2.43. The largest absolute Gasteiger partial charge is 0.439 e. The molecule has 104 valence electrons. The molecule has 2 aliphatic heterocycles. The number of amides is 1. The number of cyclic esters (lactones) is 1. The number of aliphatic hydroxyl groups excluding tert-OH is 2. The fraction of sp³-hybridized carbons (Fsp3) is 0.500. The highest BCUT2D eigenvalue weighted by molar-refractivity contribution is 5.72. The summed E-state index contributed by atoms with van der Waals surface area (Å²) in [5, 5.41) is 18.7. The first kappa shape index (κ1) is 13.8. The zero-order valence-electron chi connectivity index (χ0n) is 11.1. The first-order chi connectivity index (χ1) is 8.99. The first-order valence-corrected chi connectivity index (χ1v) is 6.35. The summed E-state index contributed by atoms with van der Waals surface area (Å²) < 4.78 is 5.29. The van der Waals surface area contributed by atoms with Gasteiger partial charge in [-0.25, -0.2) is 4.79 Å². The molecule has 1 amide bonds. The Bertz CT molecular complexity index is 439. The Hall–Kier alpha value is -1.59. The maximum atomic E-state index is 11.7.